The van der Waals surface area contributed by atoms with Crippen molar-refractivity contribution in [1.29, 1.82) is 0 Å². The van der Waals surface area contributed by atoms with Crippen LogP contribution in [-0.2, 0) is 16.6 Å². The number of hydrogen-bond donors (Lipinski definition) is 2. The van der Waals surface area contributed by atoms with Crippen LogP contribution in [0.15, 0.2) is 16.3 Å². The lowest BCUT2D eigenvalue weighted by atomic mass is 10.0. The van der Waals surface area contributed by atoms with Crippen LogP contribution in [0.1, 0.15) is 39.0 Å². The van der Waals surface area contributed by atoms with Gasteiger partial charge in [-0.25, -0.2) is 13.1 Å². The van der Waals surface area contributed by atoms with Crippen molar-refractivity contribution in [2.45, 2.75) is 51.6 Å². The highest BCUT2D eigenvalue weighted by Crippen LogP contribution is 2.22. The Morgan fingerprint density at radius 2 is 2.00 bits per heavy atom. The molecule has 0 radical (unpaired) electrons. The third-order valence-electron chi connectivity index (χ3n) is 3.37. The molecule has 2 atom stereocenters. The van der Waals surface area contributed by atoms with Crippen molar-refractivity contribution in [3.8, 4) is 0 Å². The summed E-state index contributed by atoms with van der Waals surface area (Å²) >= 11 is 1.48. The van der Waals surface area contributed by atoms with Gasteiger partial charge >= 0.3 is 0 Å². The Morgan fingerprint density at radius 1 is 1.32 bits per heavy atom. The first-order valence-corrected chi connectivity index (χ1v) is 9.08. The van der Waals surface area contributed by atoms with E-state index in [9.17, 15) is 8.42 Å². The largest absolute Gasteiger partial charge is 0.312 e. The molecule has 6 heteroatoms. The molecule has 0 fully saturated rings. The molecule has 1 aromatic rings. The molecule has 2 unspecified atom stereocenters. The predicted octanol–water partition coefficient (Wildman–Crippen LogP) is 2.57. The second-order valence-corrected chi connectivity index (χ2v) is 7.47. The van der Waals surface area contributed by atoms with Gasteiger partial charge in [0.25, 0.3) is 0 Å². The SMILES string of the molecule is CCNCc1sccc1S(=O)(=O)NC(C)C(C)CC. The molecule has 0 bridgehead atoms. The number of sulfonamides is 1. The summed E-state index contributed by atoms with van der Waals surface area (Å²) in [6.07, 6.45) is 0.956. The van der Waals surface area contributed by atoms with Crippen molar-refractivity contribution in [3.05, 3.63) is 16.3 Å². The van der Waals surface area contributed by atoms with E-state index in [-0.39, 0.29) is 6.04 Å². The highest BCUT2D eigenvalue weighted by atomic mass is 32.2. The number of hydrogen-bond acceptors (Lipinski definition) is 4. The Morgan fingerprint density at radius 3 is 2.58 bits per heavy atom. The topological polar surface area (TPSA) is 58.2 Å². The lowest BCUT2D eigenvalue weighted by Crippen LogP contribution is -2.37. The summed E-state index contributed by atoms with van der Waals surface area (Å²) in [5, 5.41) is 5.00. The van der Waals surface area contributed by atoms with Gasteiger partial charge in [0.05, 0.1) is 4.90 Å². The van der Waals surface area contributed by atoms with Crippen molar-refractivity contribution in [3.63, 3.8) is 0 Å². The summed E-state index contributed by atoms with van der Waals surface area (Å²) in [4.78, 5) is 1.28. The fourth-order valence-corrected chi connectivity index (χ4v) is 4.48. The summed E-state index contributed by atoms with van der Waals surface area (Å²) < 4.78 is 27.5. The summed E-state index contributed by atoms with van der Waals surface area (Å²) in [6, 6.07) is 1.63. The van der Waals surface area contributed by atoms with Crippen LogP contribution in [0.3, 0.4) is 0 Å². The fourth-order valence-electron chi connectivity index (χ4n) is 1.71. The van der Waals surface area contributed by atoms with Gasteiger partial charge in [-0.3, -0.25) is 0 Å². The molecule has 0 amide bonds. The van der Waals surface area contributed by atoms with Gasteiger partial charge in [0.1, 0.15) is 0 Å². The van der Waals surface area contributed by atoms with E-state index in [1.807, 2.05) is 19.2 Å². The summed E-state index contributed by atoms with van der Waals surface area (Å²) in [5.41, 5.74) is 0. The van der Waals surface area contributed by atoms with Crippen LogP contribution in [0, 0.1) is 5.92 Å². The first-order valence-electron chi connectivity index (χ1n) is 6.71. The molecule has 0 aromatic carbocycles. The Kier molecular flexibility index (Phi) is 6.46. The van der Waals surface area contributed by atoms with Crippen molar-refractivity contribution in [2.75, 3.05) is 6.54 Å². The highest BCUT2D eigenvalue weighted by molar-refractivity contribution is 7.89. The van der Waals surface area contributed by atoms with Crippen molar-refractivity contribution < 1.29 is 8.42 Å². The second-order valence-electron chi connectivity index (χ2n) is 4.78. The molecule has 2 N–H and O–H groups in total. The van der Waals surface area contributed by atoms with Gasteiger partial charge in [-0.05, 0) is 30.8 Å². The molecule has 4 nitrogen and oxygen atoms in total. The Balaban J connectivity index is 2.85. The average molecular weight is 304 g/mol. The fraction of sp³-hybridized carbons (Fsp3) is 0.692. The van der Waals surface area contributed by atoms with E-state index in [2.05, 4.69) is 23.9 Å². The summed E-state index contributed by atoms with van der Waals surface area (Å²) in [6.45, 7) is 9.47. The second kappa shape index (κ2) is 7.38. The van der Waals surface area contributed by atoms with Gasteiger partial charge in [-0.15, -0.1) is 11.3 Å². The van der Waals surface area contributed by atoms with E-state index in [0.717, 1.165) is 17.8 Å². The lowest BCUT2D eigenvalue weighted by Gasteiger charge is -2.20. The molecule has 0 saturated carbocycles. The third kappa shape index (κ3) is 4.56. The molecule has 1 aromatic heterocycles. The number of rotatable bonds is 8. The minimum absolute atomic E-state index is 0.0538. The van der Waals surface area contributed by atoms with Crippen LogP contribution in [0.4, 0.5) is 0 Å². The standard InChI is InChI=1S/C13H24N2O2S2/c1-5-10(3)11(4)15-19(16,17)13-7-8-18-12(13)9-14-6-2/h7-8,10-11,14-15H,5-6,9H2,1-4H3. The van der Waals surface area contributed by atoms with Crippen molar-refractivity contribution >= 4 is 21.4 Å². The van der Waals surface area contributed by atoms with Crippen LogP contribution in [-0.4, -0.2) is 21.0 Å². The molecule has 1 rings (SSSR count). The van der Waals surface area contributed by atoms with Crippen LogP contribution in [0.2, 0.25) is 0 Å². The van der Waals surface area contributed by atoms with E-state index < -0.39 is 10.0 Å². The molecule has 0 aliphatic heterocycles. The average Bonchev–Trinajstić information content (AvgIpc) is 2.83. The van der Waals surface area contributed by atoms with Gasteiger partial charge in [0.15, 0.2) is 0 Å². The smallest absolute Gasteiger partial charge is 0.241 e. The first kappa shape index (κ1) is 16.6. The molecule has 0 spiro atoms. The summed E-state index contributed by atoms with van der Waals surface area (Å²) in [7, 11) is -3.41. The monoisotopic (exact) mass is 304 g/mol. The molecule has 19 heavy (non-hydrogen) atoms. The van der Waals surface area contributed by atoms with Gasteiger partial charge in [0.2, 0.25) is 10.0 Å². The van der Waals surface area contributed by atoms with Gasteiger partial charge in [-0.1, -0.05) is 27.2 Å². The van der Waals surface area contributed by atoms with Crippen molar-refractivity contribution in [1.82, 2.24) is 10.0 Å². The molecular weight excluding hydrogens is 280 g/mol. The zero-order valence-corrected chi connectivity index (χ0v) is 13.7. The van der Waals surface area contributed by atoms with Gasteiger partial charge < -0.3 is 5.32 Å². The lowest BCUT2D eigenvalue weighted by molar-refractivity contribution is 0.434. The Hall–Kier alpha value is -0.430. The molecular formula is C13H24N2O2S2. The summed E-state index contributed by atoms with van der Waals surface area (Å²) in [5.74, 6) is 0.325. The van der Waals surface area contributed by atoms with E-state index in [1.165, 1.54) is 11.3 Å². The van der Waals surface area contributed by atoms with Gasteiger partial charge in [0, 0.05) is 17.5 Å². The zero-order chi connectivity index (χ0) is 14.5. The molecule has 110 valence electrons. The molecule has 0 aliphatic rings. The van der Waals surface area contributed by atoms with Crippen LogP contribution < -0.4 is 10.0 Å². The maximum absolute atomic E-state index is 12.4. The molecule has 0 aliphatic carbocycles. The Labute approximate surface area is 120 Å². The minimum atomic E-state index is -3.41. The third-order valence-corrected chi connectivity index (χ3v) is 6.06. The Bertz CT molecular complexity index is 483. The van der Waals surface area contributed by atoms with E-state index >= 15 is 0 Å². The van der Waals surface area contributed by atoms with Crippen LogP contribution in [0.5, 0.6) is 0 Å². The predicted molar refractivity (Wildman–Crippen MR) is 80.9 cm³/mol. The van der Waals surface area contributed by atoms with Crippen molar-refractivity contribution in [2.24, 2.45) is 5.92 Å². The van der Waals surface area contributed by atoms with Crippen LogP contribution >= 0.6 is 11.3 Å². The number of nitrogens with one attached hydrogen (secondary N) is 2. The minimum Gasteiger partial charge on any atom is -0.312 e. The maximum atomic E-state index is 12.4. The highest BCUT2D eigenvalue weighted by Gasteiger charge is 2.23. The van der Waals surface area contributed by atoms with Crippen LogP contribution in [0.25, 0.3) is 0 Å². The maximum Gasteiger partial charge on any atom is 0.241 e. The first-order chi connectivity index (χ1) is 8.92. The molecule has 0 saturated heterocycles. The normalized spacial score (nSPS) is 15.4. The molecule has 1 heterocycles. The quantitative estimate of drug-likeness (QED) is 0.776. The zero-order valence-electron chi connectivity index (χ0n) is 12.1. The van der Waals surface area contributed by atoms with Gasteiger partial charge in [-0.2, -0.15) is 0 Å². The number of thiophene rings is 1. The van der Waals surface area contributed by atoms with E-state index in [1.54, 1.807) is 6.07 Å². The van der Waals surface area contributed by atoms with E-state index in [4.69, 9.17) is 0 Å². The van der Waals surface area contributed by atoms with E-state index in [0.29, 0.717) is 17.4 Å².